The molecule has 1 aliphatic rings. The lowest BCUT2D eigenvalue weighted by atomic mass is 9.97. The van der Waals surface area contributed by atoms with E-state index in [1.807, 2.05) is 30.3 Å². The van der Waals surface area contributed by atoms with Crippen LogP contribution in [0.2, 0.25) is 0 Å². The van der Waals surface area contributed by atoms with Gasteiger partial charge in [-0.05, 0) is 37.1 Å². The number of rotatable bonds is 5. The van der Waals surface area contributed by atoms with Crippen LogP contribution in [0, 0.1) is 0 Å². The molecule has 2 heterocycles. The van der Waals surface area contributed by atoms with Crippen LogP contribution < -0.4 is 5.32 Å². The van der Waals surface area contributed by atoms with Crippen LogP contribution >= 0.6 is 11.3 Å². The molecule has 2 N–H and O–H groups in total. The van der Waals surface area contributed by atoms with Gasteiger partial charge in [0.2, 0.25) is 0 Å². The number of carbonyl (C=O) groups excluding carboxylic acids is 1. The number of benzene rings is 2. The number of piperidine rings is 1. The number of nitrogens with zero attached hydrogens (tertiary/aromatic N) is 2. The zero-order chi connectivity index (χ0) is 24.3. The van der Waals surface area contributed by atoms with Gasteiger partial charge in [-0.25, -0.2) is 9.78 Å². The molecule has 6 nitrogen and oxygen atoms in total. The molecule has 3 aromatic rings. The highest BCUT2D eigenvalue weighted by molar-refractivity contribution is 7.12. The van der Waals surface area contributed by atoms with Gasteiger partial charge in [-0.15, -0.1) is 11.3 Å². The Balaban J connectivity index is 1.40. The number of carbonyl (C=O) groups is 2. The van der Waals surface area contributed by atoms with Crippen LogP contribution in [0.3, 0.4) is 0 Å². The van der Waals surface area contributed by atoms with Crippen molar-refractivity contribution in [1.82, 2.24) is 9.88 Å². The molecule has 0 bridgehead atoms. The van der Waals surface area contributed by atoms with Crippen molar-refractivity contribution in [2.75, 3.05) is 18.4 Å². The Morgan fingerprint density at radius 3 is 2.29 bits per heavy atom. The third-order valence-corrected chi connectivity index (χ3v) is 6.89. The fourth-order valence-corrected chi connectivity index (χ4v) is 5.15. The van der Waals surface area contributed by atoms with Gasteiger partial charge >= 0.3 is 18.2 Å². The number of carboxylic acid groups (broad SMARTS) is 1. The summed E-state index contributed by atoms with van der Waals surface area (Å²) in [5.74, 6) is -0.813. The molecule has 0 radical (unpaired) electrons. The SMILES string of the molecule is O=C(O)Cc1sc(C2CCN(C(=O)Nc3ccc(C(F)(F)F)cc3)CC2)nc1-c1ccccc1. The second-order valence-electron chi connectivity index (χ2n) is 8.03. The van der Waals surface area contributed by atoms with E-state index in [-0.39, 0.29) is 18.4 Å². The van der Waals surface area contributed by atoms with E-state index >= 15 is 0 Å². The zero-order valence-electron chi connectivity index (χ0n) is 18.0. The summed E-state index contributed by atoms with van der Waals surface area (Å²) in [6.07, 6.45) is -3.20. The number of alkyl halides is 3. The summed E-state index contributed by atoms with van der Waals surface area (Å²) in [5, 5.41) is 12.8. The summed E-state index contributed by atoms with van der Waals surface area (Å²) < 4.78 is 38.1. The number of likely N-dealkylation sites (tertiary alicyclic amines) is 1. The Labute approximate surface area is 198 Å². The van der Waals surface area contributed by atoms with Crippen molar-refractivity contribution >= 4 is 29.0 Å². The number of halogens is 3. The van der Waals surface area contributed by atoms with Gasteiger partial charge in [0.05, 0.1) is 22.7 Å². The minimum Gasteiger partial charge on any atom is -0.481 e. The maximum atomic E-state index is 12.7. The van der Waals surface area contributed by atoms with E-state index in [4.69, 9.17) is 4.98 Å². The minimum atomic E-state index is -4.43. The number of amides is 2. The van der Waals surface area contributed by atoms with E-state index in [0.717, 1.165) is 22.7 Å². The molecule has 1 aromatic heterocycles. The lowest BCUT2D eigenvalue weighted by Crippen LogP contribution is -2.40. The molecule has 1 fully saturated rings. The van der Waals surface area contributed by atoms with E-state index in [9.17, 15) is 27.9 Å². The predicted molar refractivity (Wildman–Crippen MR) is 123 cm³/mol. The molecule has 0 saturated carbocycles. The Bertz CT molecular complexity index is 1160. The van der Waals surface area contributed by atoms with Gasteiger partial charge in [-0.2, -0.15) is 13.2 Å². The lowest BCUT2D eigenvalue weighted by Gasteiger charge is -2.31. The predicted octanol–water partition coefficient (Wildman–Crippen LogP) is 5.87. The van der Waals surface area contributed by atoms with Gasteiger partial charge in [-0.3, -0.25) is 4.79 Å². The molecule has 10 heteroatoms. The highest BCUT2D eigenvalue weighted by atomic mass is 32.1. The fourth-order valence-electron chi connectivity index (χ4n) is 3.90. The molecule has 1 aliphatic heterocycles. The highest BCUT2D eigenvalue weighted by Crippen LogP contribution is 2.37. The highest BCUT2D eigenvalue weighted by Gasteiger charge is 2.30. The van der Waals surface area contributed by atoms with Crippen molar-refractivity contribution in [3.05, 3.63) is 70.0 Å². The van der Waals surface area contributed by atoms with E-state index in [1.165, 1.54) is 23.5 Å². The van der Waals surface area contributed by atoms with Crippen LogP contribution in [-0.4, -0.2) is 40.1 Å². The third-order valence-electron chi connectivity index (χ3n) is 5.67. The van der Waals surface area contributed by atoms with E-state index < -0.39 is 17.7 Å². The third kappa shape index (κ3) is 5.56. The van der Waals surface area contributed by atoms with Crippen LogP contribution in [0.15, 0.2) is 54.6 Å². The summed E-state index contributed by atoms with van der Waals surface area (Å²) in [7, 11) is 0. The number of aromatic nitrogens is 1. The Hall–Kier alpha value is -3.40. The summed E-state index contributed by atoms with van der Waals surface area (Å²) in [4.78, 5) is 31.0. The van der Waals surface area contributed by atoms with Gasteiger partial charge in [0.1, 0.15) is 0 Å². The van der Waals surface area contributed by atoms with Crippen LogP contribution in [0.4, 0.5) is 23.7 Å². The van der Waals surface area contributed by atoms with Crippen LogP contribution in [-0.2, 0) is 17.4 Å². The van der Waals surface area contributed by atoms with Crippen molar-refractivity contribution in [2.24, 2.45) is 0 Å². The van der Waals surface area contributed by atoms with Crippen molar-refractivity contribution in [1.29, 1.82) is 0 Å². The van der Waals surface area contributed by atoms with Crippen molar-refractivity contribution in [3.63, 3.8) is 0 Å². The molecular formula is C24H22F3N3O3S. The molecule has 178 valence electrons. The van der Waals surface area contributed by atoms with Crippen molar-refractivity contribution < 1.29 is 27.9 Å². The number of carboxylic acids is 1. The molecule has 1 saturated heterocycles. The Kier molecular flexibility index (Phi) is 6.87. The first-order chi connectivity index (χ1) is 16.2. The molecule has 0 aliphatic carbocycles. The molecule has 2 aromatic carbocycles. The van der Waals surface area contributed by atoms with Gasteiger partial charge < -0.3 is 15.3 Å². The molecule has 34 heavy (non-hydrogen) atoms. The molecule has 0 unspecified atom stereocenters. The van der Waals surface area contributed by atoms with Gasteiger partial charge in [0.15, 0.2) is 0 Å². The maximum Gasteiger partial charge on any atom is 0.416 e. The maximum absolute atomic E-state index is 12.7. The van der Waals surface area contributed by atoms with Gasteiger partial charge in [0.25, 0.3) is 0 Å². The Morgan fingerprint density at radius 1 is 1.06 bits per heavy atom. The average molecular weight is 490 g/mol. The summed E-state index contributed by atoms with van der Waals surface area (Å²) in [5.41, 5.74) is 1.08. The number of nitrogens with one attached hydrogen (secondary N) is 1. The first-order valence-electron chi connectivity index (χ1n) is 10.7. The van der Waals surface area contributed by atoms with E-state index in [1.54, 1.807) is 4.90 Å². The summed E-state index contributed by atoms with van der Waals surface area (Å²) >= 11 is 1.40. The lowest BCUT2D eigenvalue weighted by molar-refractivity contribution is -0.138. The van der Waals surface area contributed by atoms with Crippen LogP contribution in [0.5, 0.6) is 0 Å². The quantitative estimate of drug-likeness (QED) is 0.470. The molecule has 4 rings (SSSR count). The summed E-state index contributed by atoms with van der Waals surface area (Å²) in [6, 6.07) is 13.4. The van der Waals surface area contributed by atoms with Crippen LogP contribution in [0.25, 0.3) is 11.3 Å². The van der Waals surface area contributed by atoms with Gasteiger partial charge in [0, 0.05) is 35.1 Å². The number of anilines is 1. The number of aliphatic carboxylic acids is 1. The first kappa shape index (κ1) is 23.7. The monoisotopic (exact) mass is 489 g/mol. The number of hydrogen-bond acceptors (Lipinski definition) is 4. The number of urea groups is 1. The fraction of sp³-hybridized carbons (Fsp3) is 0.292. The molecular weight excluding hydrogens is 467 g/mol. The Morgan fingerprint density at radius 2 is 1.71 bits per heavy atom. The molecule has 2 amide bonds. The summed E-state index contributed by atoms with van der Waals surface area (Å²) in [6.45, 7) is 0.928. The van der Waals surface area contributed by atoms with E-state index in [2.05, 4.69) is 5.32 Å². The smallest absolute Gasteiger partial charge is 0.416 e. The van der Waals surface area contributed by atoms with Crippen molar-refractivity contribution in [3.8, 4) is 11.3 Å². The molecule has 0 atom stereocenters. The second-order valence-corrected chi connectivity index (χ2v) is 9.14. The first-order valence-corrected chi connectivity index (χ1v) is 11.5. The zero-order valence-corrected chi connectivity index (χ0v) is 18.8. The second kappa shape index (κ2) is 9.84. The van der Waals surface area contributed by atoms with Crippen molar-refractivity contribution in [2.45, 2.75) is 31.4 Å². The van der Waals surface area contributed by atoms with Crippen LogP contribution in [0.1, 0.15) is 34.2 Å². The molecule has 0 spiro atoms. The van der Waals surface area contributed by atoms with Gasteiger partial charge in [-0.1, -0.05) is 30.3 Å². The number of thiazole rings is 1. The standard InChI is InChI=1S/C24H22F3N3O3S/c25-24(26,27)17-6-8-18(9-7-17)28-23(33)30-12-10-16(11-13-30)22-29-21(15-4-2-1-3-5-15)19(34-22)14-20(31)32/h1-9,16H,10-14H2,(H,28,33)(H,31,32). The normalized spacial score (nSPS) is 14.7. The average Bonchev–Trinajstić information content (AvgIpc) is 3.22. The number of hydrogen-bond donors (Lipinski definition) is 2. The topological polar surface area (TPSA) is 82.5 Å². The minimum absolute atomic E-state index is 0.101. The van der Waals surface area contributed by atoms with E-state index in [0.29, 0.717) is 42.2 Å². The largest absolute Gasteiger partial charge is 0.481 e.